The Bertz CT molecular complexity index is 1140. The number of carbonyl (C=O) groups is 2. The maximum absolute atomic E-state index is 13.7. The van der Waals surface area contributed by atoms with Crippen LogP contribution in [0, 0.1) is 0 Å². The standard InChI is InChI=1S/C30H35ClN2O3S/c1-4-22(2)32-30(35)28(18-23-9-6-5-7-10-23)33(19-25-11-8-12-26(31)17-25)29(34)21-37-20-24-13-15-27(36-3)16-14-24/h5-17,22,28H,4,18-21H2,1-3H3,(H,32,35)/t22-,28+/m0/s1. The van der Waals surface area contributed by atoms with Gasteiger partial charge >= 0.3 is 0 Å². The number of ether oxygens (including phenoxy) is 1. The predicted molar refractivity (Wildman–Crippen MR) is 153 cm³/mol. The minimum Gasteiger partial charge on any atom is -0.497 e. The van der Waals surface area contributed by atoms with Gasteiger partial charge in [0.25, 0.3) is 0 Å². The first kappa shape index (κ1) is 28.6. The summed E-state index contributed by atoms with van der Waals surface area (Å²) >= 11 is 7.78. The van der Waals surface area contributed by atoms with Crippen LogP contribution in [-0.4, -0.2) is 41.7 Å². The molecule has 2 atom stereocenters. The van der Waals surface area contributed by atoms with E-state index in [1.807, 2.05) is 86.6 Å². The van der Waals surface area contributed by atoms with Gasteiger partial charge in [-0.25, -0.2) is 0 Å². The van der Waals surface area contributed by atoms with Gasteiger partial charge in [0, 0.05) is 29.8 Å². The van der Waals surface area contributed by atoms with Gasteiger partial charge in [0.15, 0.2) is 0 Å². The number of rotatable bonds is 13. The average Bonchev–Trinajstić information content (AvgIpc) is 2.91. The highest BCUT2D eigenvalue weighted by molar-refractivity contribution is 7.99. The van der Waals surface area contributed by atoms with Crippen LogP contribution in [0.15, 0.2) is 78.9 Å². The van der Waals surface area contributed by atoms with Crippen molar-refractivity contribution in [3.8, 4) is 5.75 Å². The van der Waals surface area contributed by atoms with Crippen LogP contribution in [0.2, 0.25) is 5.02 Å². The van der Waals surface area contributed by atoms with Crippen LogP contribution in [-0.2, 0) is 28.3 Å². The number of carbonyl (C=O) groups excluding carboxylic acids is 2. The number of hydrogen-bond donors (Lipinski definition) is 1. The summed E-state index contributed by atoms with van der Waals surface area (Å²) in [7, 11) is 1.64. The van der Waals surface area contributed by atoms with Gasteiger partial charge in [0.2, 0.25) is 11.8 Å². The normalized spacial score (nSPS) is 12.4. The number of halogens is 1. The van der Waals surface area contributed by atoms with Crippen LogP contribution in [0.3, 0.4) is 0 Å². The zero-order valence-corrected chi connectivity index (χ0v) is 23.2. The molecule has 1 N–H and O–H groups in total. The Morgan fingerprint density at radius 2 is 1.68 bits per heavy atom. The molecule has 0 aliphatic heterocycles. The largest absolute Gasteiger partial charge is 0.497 e. The SMILES string of the molecule is CC[C@H](C)NC(=O)[C@@H](Cc1ccccc1)N(Cc1cccc(Cl)c1)C(=O)CSCc1ccc(OC)cc1. The summed E-state index contributed by atoms with van der Waals surface area (Å²) < 4.78 is 5.23. The van der Waals surface area contributed by atoms with E-state index in [2.05, 4.69) is 5.32 Å². The molecule has 0 aromatic heterocycles. The summed E-state index contributed by atoms with van der Waals surface area (Å²) in [5.41, 5.74) is 2.99. The molecule has 196 valence electrons. The molecule has 0 aliphatic rings. The van der Waals surface area contributed by atoms with Gasteiger partial charge in [-0.2, -0.15) is 0 Å². The Hall–Kier alpha value is -2.96. The molecule has 0 spiro atoms. The highest BCUT2D eigenvalue weighted by Gasteiger charge is 2.30. The number of amides is 2. The first-order valence-electron chi connectivity index (χ1n) is 12.5. The monoisotopic (exact) mass is 538 g/mol. The molecule has 0 aliphatic carbocycles. The number of nitrogens with one attached hydrogen (secondary N) is 1. The highest BCUT2D eigenvalue weighted by Crippen LogP contribution is 2.21. The van der Waals surface area contributed by atoms with E-state index in [0.717, 1.165) is 28.9 Å². The summed E-state index contributed by atoms with van der Waals surface area (Å²) in [6.45, 7) is 4.31. The lowest BCUT2D eigenvalue weighted by molar-refractivity contribution is -0.139. The molecule has 0 heterocycles. The molecule has 3 rings (SSSR count). The van der Waals surface area contributed by atoms with Gasteiger partial charge in [-0.05, 0) is 54.3 Å². The van der Waals surface area contributed by atoms with E-state index < -0.39 is 6.04 Å². The van der Waals surface area contributed by atoms with Crippen molar-refractivity contribution >= 4 is 35.2 Å². The second-order valence-electron chi connectivity index (χ2n) is 9.02. The first-order chi connectivity index (χ1) is 17.9. The van der Waals surface area contributed by atoms with Gasteiger partial charge < -0.3 is 15.0 Å². The van der Waals surface area contributed by atoms with E-state index >= 15 is 0 Å². The third kappa shape index (κ3) is 9.13. The van der Waals surface area contributed by atoms with Crippen molar-refractivity contribution in [2.45, 2.75) is 51.1 Å². The number of methoxy groups -OCH3 is 1. The zero-order chi connectivity index (χ0) is 26.6. The lowest BCUT2D eigenvalue weighted by Gasteiger charge is -2.32. The highest BCUT2D eigenvalue weighted by atomic mass is 35.5. The van der Waals surface area contributed by atoms with Crippen LogP contribution < -0.4 is 10.1 Å². The topological polar surface area (TPSA) is 58.6 Å². The molecule has 0 radical (unpaired) electrons. The zero-order valence-electron chi connectivity index (χ0n) is 21.7. The molecular formula is C30H35ClN2O3S. The molecule has 0 saturated heterocycles. The molecular weight excluding hydrogens is 504 g/mol. The smallest absolute Gasteiger partial charge is 0.243 e. The van der Waals surface area contributed by atoms with E-state index in [1.54, 1.807) is 18.1 Å². The molecule has 3 aromatic rings. The number of hydrogen-bond acceptors (Lipinski definition) is 4. The number of benzene rings is 3. The van der Waals surface area contributed by atoms with Crippen molar-refractivity contribution in [1.29, 1.82) is 0 Å². The summed E-state index contributed by atoms with van der Waals surface area (Å²) in [5.74, 6) is 1.51. The van der Waals surface area contributed by atoms with Crippen LogP contribution >= 0.6 is 23.4 Å². The molecule has 0 unspecified atom stereocenters. The van der Waals surface area contributed by atoms with Crippen LogP contribution in [0.25, 0.3) is 0 Å². The van der Waals surface area contributed by atoms with Crippen LogP contribution in [0.4, 0.5) is 0 Å². The third-order valence-electron chi connectivity index (χ3n) is 6.17. The molecule has 0 fully saturated rings. The minimum atomic E-state index is -0.649. The van der Waals surface area contributed by atoms with Gasteiger partial charge in [-0.3, -0.25) is 9.59 Å². The second-order valence-corrected chi connectivity index (χ2v) is 10.4. The number of thioether (sulfide) groups is 1. The second kappa shape index (κ2) is 14.7. The first-order valence-corrected chi connectivity index (χ1v) is 14.0. The Morgan fingerprint density at radius 1 is 0.973 bits per heavy atom. The van der Waals surface area contributed by atoms with E-state index in [-0.39, 0.29) is 23.6 Å². The maximum atomic E-state index is 13.7. The van der Waals surface area contributed by atoms with Gasteiger partial charge in [0.1, 0.15) is 11.8 Å². The molecule has 2 amide bonds. The minimum absolute atomic E-state index is 0.0124. The molecule has 0 saturated carbocycles. The number of nitrogens with zero attached hydrogens (tertiary/aromatic N) is 1. The summed E-state index contributed by atoms with van der Waals surface area (Å²) in [5, 5.41) is 3.70. The average molecular weight is 539 g/mol. The summed E-state index contributed by atoms with van der Waals surface area (Å²) in [6, 6.07) is 24.5. The molecule has 37 heavy (non-hydrogen) atoms. The molecule has 3 aromatic carbocycles. The van der Waals surface area contributed by atoms with Gasteiger partial charge in [-0.1, -0.05) is 73.1 Å². The lowest BCUT2D eigenvalue weighted by Crippen LogP contribution is -2.52. The van der Waals surface area contributed by atoms with E-state index in [1.165, 1.54) is 11.8 Å². The summed E-state index contributed by atoms with van der Waals surface area (Å²) in [6.07, 6.45) is 1.24. The predicted octanol–water partition coefficient (Wildman–Crippen LogP) is 6.14. The third-order valence-corrected chi connectivity index (χ3v) is 7.39. The van der Waals surface area contributed by atoms with Crippen molar-refractivity contribution in [2.24, 2.45) is 0 Å². The van der Waals surface area contributed by atoms with E-state index in [0.29, 0.717) is 23.7 Å². The van der Waals surface area contributed by atoms with E-state index in [9.17, 15) is 9.59 Å². The van der Waals surface area contributed by atoms with Crippen LogP contribution in [0.5, 0.6) is 5.75 Å². The molecule has 5 nitrogen and oxygen atoms in total. The fourth-order valence-electron chi connectivity index (χ4n) is 3.89. The Balaban J connectivity index is 1.83. The van der Waals surface area contributed by atoms with Gasteiger partial charge in [0.05, 0.1) is 12.9 Å². The fourth-order valence-corrected chi connectivity index (χ4v) is 4.97. The Morgan fingerprint density at radius 3 is 2.32 bits per heavy atom. The van der Waals surface area contributed by atoms with E-state index in [4.69, 9.17) is 16.3 Å². The van der Waals surface area contributed by atoms with Gasteiger partial charge in [-0.15, -0.1) is 11.8 Å². The van der Waals surface area contributed by atoms with Crippen molar-refractivity contribution in [1.82, 2.24) is 10.2 Å². The molecule has 0 bridgehead atoms. The fraction of sp³-hybridized carbons (Fsp3) is 0.333. The van der Waals surface area contributed by atoms with Crippen molar-refractivity contribution < 1.29 is 14.3 Å². The lowest BCUT2D eigenvalue weighted by atomic mass is 10.0. The van der Waals surface area contributed by atoms with Crippen molar-refractivity contribution in [3.05, 3.63) is 101 Å². The Kier molecular flexibility index (Phi) is 11.4. The van der Waals surface area contributed by atoms with Crippen molar-refractivity contribution in [3.63, 3.8) is 0 Å². The Labute approximate surface area is 229 Å². The quantitative estimate of drug-likeness (QED) is 0.284. The van der Waals surface area contributed by atoms with Crippen LogP contribution in [0.1, 0.15) is 37.0 Å². The molecule has 7 heteroatoms. The maximum Gasteiger partial charge on any atom is 0.243 e. The summed E-state index contributed by atoms with van der Waals surface area (Å²) in [4.78, 5) is 28.9. The van der Waals surface area contributed by atoms with Crippen molar-refractivity contribution in [2.75, 3.05) is 12.9 Å².